The lowest BCUT2D eigenvalue weighted by Gasteiger charge is -2.05. The quantitative estimate of drug-likeness (QED) is 0.858. The van der Waals surface area contributed by atoms with Gasteiger partial charge in [0.2, 0.25) is 5.91 Å². The number of primary amides is 1. The van der Waals surface area contributed by atoms with Crippen LogP contribution in [0.25, 0.3) is 0 Å². The standard InChI is InChI=1S/C14H13N3O2/c15-13(18)11-6-4-10(5-7-11)9-17-14(19)12-3-1-2-8-16-12/h1-8H,9H2,(H2,15,18)(H,17,19). The van der Waals surface area contributed by atoms with Crippen LogP contribution in [0.15, 0.2) is 48.7 Å². The van der Waals surface area contributed by atoms with Crippen molar-refractivity contribution in [2.45, 2.75) is 6.54 Å². The second kappa shape index (κ2) is 5.77. The van der Waals surface area contributed by atoms with Crippen LogP contribution in [-0.4, -0.2) is 16.8 Å². The number of nitrogens with zero attached hydrogens (tertiary/aromatic N) is 1. The third kappa shape index (κ3) is 3.38. The molecule has 3 N–H and O–H groups in total. The van der Waals surface area contributed by atoms with E-state index < -0.39 is 5.91 Å². The number of carbonyl (C=O) groups is 2. The van der Waals surface area contributed by atoms with Crippen LogP contribution in [0.5, 0.6) is 0 Å². The third-order valence-corrected chi connectivity index (χ3v) is 2.59. The highest BCUT2D eigenvalue weighted by Crippen LogP contribution is 2.04. The van der Waals surface area contributed by atoms with E-state index in [1.807, 2.05) is 0 Å². The number of aromatic nitrogens is 1. The van der Waals surface area contributed by atoms with E-state index in [0.29, 0.717) is 17.8 Å². The number of hydrogen-bond donors (Lipinski definition) is 2. The first-order valence-corrected chi connectivity index (χ1v) is 5.75. The van der Waals surface area contributed by atoms with Crippen molar-refractivity contribution in [1.29, 1.82) is 0 Å². The summed E-state index contributed by atoms with van der Waals surface area (Å²) in [6.45, 7) is 0.369. The zero-order chi connectivity index (χ0) is 13.7. The third-order valence-electron chi connectivity index (χ3n) is 2.59. The number of nitrogens with one attached hydrogen (secondary N) is 1. The molecule has 1 heterocycles. The minimum Gasteiger partial charge on any atom is -0.366 e. The first-order chi connectivity index (χ1) is 9.16. The van der Waals surface area contributed by atoms with Crippen LogP contribution < -0.4 is 11.1 Å². The normalized spacial score (nSPS) is 9.89. The Bertz CT molecular complexity index is 579. The van der Waals surface area contributed by atoms with Crippen molar-refractivity contribution in [1.82, 2.24) is 10.3 Å². The summed E-state index contributed by atoms with van der Waals surface area (Å²) in [6, 6.07) is 11.9. The van der Waals surface area contributed by atoms with Crippen LogP contribution in [-0.2, 0) is 6.54 Å². The predicted molar refractivity (Wildman–Crippen MR) is 70.4 cm³/mol. The fourth-order valence-electron chi connectivity index (χ4n) is 1.56. The molecule has 0 unspecified atom stereocenters. The topological polar surface area (TPSA) is 85.1 Å². The van der Waals surface area contributed by atoms with Crippen molar-refractivity contribution in [3.63, 3.8) is 0 Å². The SMILES string of the molecule is NC(=O)c1ccc(CNC(=O)c2ccccn2)cc1. The van der Waals surface area contributed by atoms with E-state index in [-0.39, 0.29) is 5.91 Å². The van der Waals surface area contributed by atoms with Gasteiger partial charge in [0, 0.05) is 18.3 Å². The summed E-state index contributed by atoms with van der Waals surface area (Å²) in [5, 5.41) is 2.75. The summed E-state index contributed by atoms with van der Waals surface area (Å²) < 4.78 is 0. The molecule has 0 radical (unpaired) electrons. The Morgan fingerprint density at radius 2 is 1.84 bits per heavy atom. The molecule has 0 bridgehead atoms. The van der Waals surface area contributed by atoms with Crippen LogP contribution in [0.1, 0.15) is 26.4 Å². The maximum atomic E-state index is 11.7. The zero-order valence-electron chi connectivity index (χ0n) is 10.2. The smallest absolute Gasteiger partial charge is 0.270 e. The van der Waals surface area contributed by atoms with Gasteiger partial charge < -0.3 is 11.1 Å². The minimum absolute atomic E-state index is 0.237. The van der Waals surface area contributed by atoms with E-state index in [2.05, 4.69) is 10.3 Å². The van der Waals surface area contributed by atoms with E-state index in [0.717, 1.165) is 5.56 Å². The van der Waals surface area contributed by atoms with Gasteiger partial charge in [-0.2, -0.15) is 0 Å². The zero-order valence-corrected chi connectivity index (χ0v) is 10.2. The second-order valence-electron chi connectivity index (χ2n) is 3.96. The van der Waals surface area contributed by atoms with Crippen LogP contribution in [0.3, 0.4) is 0 Å². The Balaban J connectivity index is 1.95. The van der Waals surface area contributed by atoms with Gasteiger partial charge in [-0.3, -0.25) is 14.6 Å². The highest BCUT2D eigenvalue weighted by atomic mass is 16.2. The Morgan fingerprint density at radius 3 is 2.42 bits per heavy atom. The molecule has 5 nitrogen and oxygen atoms in total. The van der Waals surface area contributed by atoms with Gasteiger partial charge in [-0.15, -0.1) is 0 Å². The van der Waals surface area contributed by atoms with Gasteiger partial charge in [0.15, 0.2) is 0 Å². The molecular formula is C14H13N3O2. The number of amides is 2. The van der Waals surface area contributed by atoms with Crippen molar-refractivity contribution >= 4 is 11.8 Å². The molecule has 2 aromatic rings. The highest BCUT2D eigenvalue weighted by Gasteiger charge is 2.05. The molecule has 0 spiro atoms. The van der Waals surface area contributed by atoms with Crippen molar-refractivity contribution < 1.29 is 9.59 Å². The molecule has 0 aliphatic heterocycles. The second-order valence-corrected chi connectivity index (χ2v) is 3.96. The molecule has 0 saturated heterocycles. The minimum atomic E-state index is -0.468. The maximum absolute atomic E-state index is 11.7. The van der Waals surface area contributed by atoms with Crippen molar-refractivity contribution in [2.24, 2.45) is 5.73 Å². The van der Waals surface area contributed by atoms with Crippen LogP contribution >= 0.6 is 0 Å². The number of pyridine rings is 1. The van der Waals surface area contributed by atoms with Gasteiger partial charge >= 0.3 is 0 Å². The Labute approximate surface area is 110 Å². The molecule has 2 rings (SSSR count). The Hall–Kier alpha value is -2.69. The van der Waals surface area contributed by atoms with Gasteiger partial charge in [0.05, 0.1) is 0 Å². The van der Waals surface area contributed by atoms with E-state index in [1.165, 1.54) is 0 Å². The van der Waals surface area contributed by atoms with Gasteiger partial charge in [-0.05, 0) is 29.8 Å². The first-order valence-electron chi connectivity index (χ1n) is 5.75. The molecule has 0 aliphatic carbocycles. The monoisotopic (exact) mass is 255 g/mol. The molecule has 1 aromatic heterocycles. The molecule has 96 valence electrons. The Kier molecular flexibility index (Phi) is 3.87. The summed E-state index contributed by atoms with van der Waals surface area (Å²) in [6.07, 6.45) is 1.57. The average molecular weight is 255 g/mol. The number of rotatable bonds is 4. The predicted octanol–water partition coefficient (Wildman–Crippen LogP) is 1.11. The molecule has 0 atom stereocenters. The van der Waals surface area contributed by atoms with Crippen LogP contribution in [0.4, 0.5) is 0 Å². The molecule has 5 heteroatoms. The highest BCUT2D eigenvalue weighted by molar-refractivity contribution is 5.93. The number of nitrogens with two attached hydrogens (primary N) is 1. The molecule has 2 amide bonds. The summed E-state index contributed by atoms with van der Waals surface area (Å²) in [4.78, 5) is 26.6. The molecule has 0 fully saturated rings. The van der Waals surface area contributed by atoms with E-state index >= 15 is 0 Å². The van der Waals surface area contributed by atoms with Crippen molar-refractivity contribution in [3.05, 3.63) is 65.5 Å². The number of carbonyl (C=O) groups excluding carboxylic acids is 2. The fraction of sp³-hybridized carbons (Fsp3) is 0.0714. The maximum Gasteiger partial charge on any atom is 0.270 e. The summed E-state index contributed by atoms with van der Waals surface area (Å²) in [5.41, 5.74) is 6.84. The molecule has 0 aliphatic rings. The van der Waals surface area contributed by atoms with Gasteiger partial charge in [0.1, 0.15) is 5.69 Å². The molecule has 19 heavy (non-hydrogen) atoms. The lowest BCUT2D eigenvalue weighted by Crippen LogP contribution is -2.23. The largest absolute Gasteiger partial charge is 0.366 e. The van der Waals surface area contributed by atoms with E-state index in [1.54, 1.807) is 48.7 Å². The van der Waals surface area contributed by atoms with Crippen LogP contribution in [0.2, 0.25) is 0 Å². The average Bonchev–Trinajstić information content (AvgIpc) is 2.46. The lowest BCUT2D eigenvalue weighted by atomic mass is 10.1. The van der Waals surface area contributed by atoms with Crippen molar-refractivity contribution in [2.75, 3.05) is 0 Å². The Morgan fingerprint density at radius 1 is 1.11 bits per heavy atom. The molecule has 1 aromatic carbocycles. The van der Waals surface area contributed by atoms with Gasteiger partial charge in [-0.25, -0.2) is 0 Å². The summed E-state index contributed by atoms with van der Waals surface area (Å²) in [7, 11) is 0. The molecular weight excluding hydrogens is 242 g/mol. The number of benzene rings is 1. The summed E-state index contributed by atoms with van der Waals surface area (Å²) >= 11 is 0. The van der Waals surface area contributed by atoms with E-state index in [4.69, 9.17) is 5.73 Å². The molecule has 0 saturated carbocycles. The first kappa shape index (κ1) is 12.8. The number of hydrogen-bond acceptors (Lipinski definition) is 3. The van der Waals surface area contributed by atoms with Crippen LogP contribution in [0, 0.1) is 0 Å². The van der Waals surface area contributed by atoms with Crippen molar-refractivity contribution in [3.8, 4) is 0 Å². The lowest BCUT2D eigenvalue weighted by molar-refractivity contribution is 0.0944. The summed E-state index contributed by atoms with van der Waals surface area (Å²) in [5.74, 6) is -0.705. The van der Waals surface area contributed by atoms with Gasteiger partial charge in [0.25, 0.3) is 5.91 Å². The fourth-order valence-corrected chi connectivity index (χ4v) is 1.56. The van der Waals surface area contributed by atoms with E-state index in [9.17, 15) is 9.59 Å². The van der Waals surface area contributed by atoms with Gasteiger partial charge in [-0.1, -0.05) is 18.2 Å².